The summed E-state index contributed by atoms with van der Waals surface area (Å²) in [6.45, 7) is 6.62. The normalized spacial score (nSPS) is 22.5. The smallest absolute Gasteiger partial charge is 0.191 e. The maximum Gasteiger partial charge on any atom is 0.191 e. The van der Waals surface area contributed by atoms with E-state index in [1.165, 1.54) is 9.75 Å². The number of aliphatic imine (C=N–C) groups is 1. The molecule has 1 aliphatic rings. The molecule has 5 heteroatoms. The Labute approximate surface area is 131 Å². The molecule has 0 aromatic carbocycles. The zero-order chi connectivity index (χ0) is 15.1. The van der Waals surface area contributed by atoms with Gasteiger partial charge in [-0.15, -0.1) is 11.3 Å². The van der Waals surface area contributed by atoms with E-state index in [0.717, 1.165) is 44.7 Å². The number of hydrogen-bond donors (Lipinski definition) is 3. The molecule has 1 saturated carbocycles. The summed E-state index contributed by atoms with van der Waals surface area (Å²) in [4.78, 5) is 7.35. The van der Waals surface area contributed by atoms with Crippen LogP contribution in [0.15, 0.2) is 17.1 Å². The molecule has 0 saturated heterocycles. The molecule has 0 bridgehead atoms. The Hall–Kier alpha value is -1.07. The van der Waals surface area contributed by atoms with E-state index in [0.29, 0.717) is 12.5 Å². The van der Waals surface area contributed by atoms with Crippen molar-refractivity contribution >= 4 is 17.3 Å². The number of hydrogen-bond acceptors (Lipinski definition) is 3. The van der Waals surface area contributed by atoms with Crippen molar-refractivity contribution in [2.24, 2.45) is 10.9 Å². The highest BCUT2D eigenvalue weighted by Crippen LogP contribution is 2.24. The van der Waals surface area contributed by atoms with Crippen molar-refractivity contribution in [1.29, 1.82) is 0 Å². The largest absolute Gasteiger partial charge is 0.393 e. The first-order valence-electron chi connectivity index (χ1n) is 8.00. The van der Waals surface area contributed by atoms with Crippen LogP contribution in [0, 0.1) is 5.92 Å². The summed E-state index contributed by atoms with van der Waals surface area (Å²) in [5.41, 5.74) is 0. The standard InChI is InChI=1S/C16H27N3OS/c1-3-13-8-9-14(21-13)11-19-16(17-4-2)18-10-12-6-5-7-15(12)20/h8-9,12,15,20H,3-7,10-11H2,1-2H3,(H2,17,18,19). The Kier molecular flexibility index (Phi) is 6.51. The number of rotatable bonds is 6. The topological polar surface area (TPSA) is 56.7 Å². The first-order valence-corrected chi connectivity index (χ1v) is 8.82. The number of thiophene rings is 1. The van der Waals surface area contributed by atoms with E-state index in [-0.39, 0.29) is 6.10 Å². The summed E-state index contributed by atoms with van der Waals surface area (Å²) in [7, 11) is 0. The lowest BCUT2D eigenvalue weighted by atomic mass is 10.1. The molecular weight excluding hydrogens is 282 g/mol. The van der Waals surface area contributed by atoms with Crippen molar-refractivity contribution < 1.29 is 5.11 Å². The van der Waals surface area contributed by atoms with Crippen molar-refractivity contribution in [1.82, 2.24) is 10.6 Å². The lowest BCUT2D eigenvalue weighted by Gasteiger charge is -2.17. The van der Waals surface area contributed by atoms with Gasteiger partial charge >= 0.3 is 0 Å². The maximum atomic E-state index is 9.87. The molecule has 2 unspecified atom stereocenters. The van der Waals surface area contributed by atoms with E-state index in [1.807, 2.05) is 11.3 Å². The first kappa shape index (κ1) is 16.3. The second-order valence-corrected chi connectivity index (χ2v) is 6.81. The highest BCUT2D eigenvalue weighted by Gasteiger charge is 2.24. The van der Waals surface area contributed by atoms with Gasteiger partial charge in [-0.25, -0.2) is 4.99 Å². The minimum atomic E-state index is -0.148. The zero-order valence-corrected chi connectivity index (χ0v) is 13.9. The molecule has 0 amide bonds. The third-order valence-corrected chi connectivity index (χ3v) is 5.17. The molecule has 1 fully saturated rings. The van der Waals surface area contributed by atoms with E-state index in [2.05, 4.69) is 41.6 Å². The predicted octanol–water partition coefficient (Wildman–Crippen LogP) is 2.53. The van der Waals surface area contributed by atoms with Gasteiger partial charge in [0.2, 0.25) is 0 Å². The highest BCUT2D eigenvalue weighted by molar-refractivity contribution is 7.11. The van der Waals surface area contributed by atoms with Crippen molar-refractivity contribution in [2.75, 3.05) is 13.1 Å². The molecule has 1 aromatic rings. The van der Waals surface area contributed by atoms with Crippen LogP contribution in [0.2, 0.25) is 0 Å². The summed E-state index contributed by atoms with van der Waals surface area (Å²) in [5, 5.41) is 16.5. The predicted molar refractivity (Wildman–Crippen MR) is 89.9 cm³/mol. The quantitative estimate of drug-likeness (QED) is 0.559. The average molecular weight is 309 g/mol. The van der Waals surface area contributed by atoms with Crippen LogP contribution in [0.25, 0.3) is 0 Å². The fourth-order valence-corrected chi connectivity index (χ4v) is 3.56. The molecule has 1 aromatic heterocycles. The van der Waals surface area contributed by atoms with Gasteiger partial charge in [0.05, 0.1) is 12.6 Å². The van der Waals surface area contributed by atoms with Crippen LogP contribution in [0.3, 0.4) is 0 Å². The number of nitrogens with one attached hydrogen (secondary N) is 2. The van der Waals surface area contributed by atoms with Crippen LogP contribution >= 0.6 is 11.3 Å². The Morgan fingerprint density at radius 3 is 2.71 bits per heavy atom. The van der Waals surface area contributed by atoms with Crippen molar-refractivity contribution in [3.05, 3.63) is 21.9 Å². The molecule has 0 aliphatic heterocycles. The van der Waals surface area contributed by atoms with Gasteiger partial charge in [0.1, 0.15) is 0 Å². The number of aliphatic hydroxyl groups is 1. The third-order valence-electron chi connectivity index (χ3n) is 3.95. The lowest BCUT2D eigenvalue weighted by Crippen LogP contribution is -2.41. The molecular formula is C16H27N3OS. The number of aryl methyl sites for hydroxylation is 1. The molecule has 21 heavy (non-hydrogen) atoms. The summed E-state index contributed by atoms with van der Waals surface area (Å²) < 4.78 is 0. The van der Waals surface area contributed by atoms with Crippen molar-refractivity contribution in [3.8, 4) is 0 Å². The Bertz CT molecular complexity index is 458. The van der Waals surface area contributed by atoms with Crippen LogP contribution < -0.4 is 10.6 Å². The van der Waals surface area contributed by atoms with Gasteiger partial charge in [-0.1, -0.05) is 13.3 Å². The summed E-state index contributed by atoms with van der Waals surface area (Å²) in [6, 6.07) is 4.35. The fraction of sp³-hybridized carbons (Fsp3) is 0.688. The van der Waals surface area contributed by atoms with Gasteiger partial charge in [-0.2, -0.15) is 0 Å². The second-order valence-electron chi connectivity index (χ2n) is 5.56. The van der Waals surface area contributed by atoms with Crippen LogP contribution in [0.1, 0.15) is 42.9 Å². The molecule has 118 valence electrons. The van der Waals surface area contributed by atoms with Gasteiger partial charge < -0.3 is 15.7 Å². The molecule has 1 aliphatic carbocycles. The number of guanidine groups is 1. The van der Waals surface area contributed by atoms with Gasteiger partial charge in [0.25, 0.3) is 0 Å². The second kappa shape index (κ2) is 8.39. The monoisotopic (exact) mass is 309 g/mol. The molecule has 0 radical (unpaired) electrons. The molecule has 4 nitrogen and oxygen atoms in total. The van der Waals surface area contributed by atoms with Gasteiger partial charge in [0, 0.05) is 28.8 Å². The van der Waals surface area contributed by atoms with Crippen LogP contribution in [-0.2, 0) is 13.0 Å². The van der Waals surface area contributed by atoms with Crippen molar-refractivity contribution in [3.63, 3.8) is 0 Å². The van der Waals surface area contributed by atoms with Gasteiger partial charge in [-0.3, -0.25) is 0 Å². The maximum absolute atomic E-state index is 9.87. The molecule has 2 atom stereocenters. The Morgan fingerprint density at radius 2 is 2.10 bits per heavy atom. The third kappa shape index (κ3) is 5.00. The van der Waals surface area contributed by atoms with Crippen LogP contribution in [0.5, 0.6) is 0 Å². The Morgan fingerprint density at radius 1 is 1.29 bits per heavy atom. The lowest BCUT2D eigenvalue weighted by molar-refractivity contribution is 0.134. The minimum absolute atomic E-state index is 0.148. The number of nitrogens with zero attached hydrogens (tertiary/aromatic N) is 1. The zero-order valence-electron chi connectivity index (χ0n) is 13.1. The SMILES string of the molecule is CCNC(=NCc1ccc(CC)s1)NCC1CCCC1O. The summed E-state index contributed by atoms with van der Waals surface area (Å²) >= 11 is 1.83. The molecule has 0 spiro atoms. The minimum Gasteiger partial charge on any atom is -0.393 e. The average Bonchev–Trinajstić information content (AvgIpc) is 3.11. The van der Waals surface area contributed by atoms with Crippen LogP contribution in [0.4, 0.5) is 0 Å². The van der Waals surface area contributed by atoms with E-state index < -0.39 is 0 Å². The highest BCUT2D eigenvalue weighted by atomic mass is 32.1. The number of aliphatic hydroxyl groups excluding tert-OH is 1. The van der Waals surface area contributed by atoms with E-state index in [9.17, 15) is 5.11 Å². The van der Waals surface area contributed by atoms with Gasteiger partial charge in [0.15, 0.2) is 5.96 Å². The van der Waals surface area contributed by atoms with Crippen molar-refractivity contribution in [2.45, 2.75) is 52.2 Å². The van der Waals surface area contributed by atoms with E-state index in [4.69, 9.17) is 0 Å². The van der Waals surface area contributed by atoms with Gasteiger partial charge in [-0.05, 0) is 38.3 Å². The van der Waals surface area contributed by atoms with E-state index in [1.54, 1.807) is 0 Å². The molecule has 1 heterocycles. The summed E-state index contributed by atoms with van der Waals surface area (Å²) in [5.74, 6) is 1.21. The van der Waals surface area contributed by atoms with E-state index >= 15 is 0 Å². The summed E-state index contributed by atoms with van der Waals surface area (Å²) in [6.07, 6.45) is 4.13. The first-order chi connectivity index (χ1) is 10.2. The van der Waals surface area contributed by atoms with Crippen LogP contribution in [-0.4, -0.2) is 30.3 Å². The fourth-order valence-electron chi connectivity index (χ4n) is 2.68. The molecule has 2 rings (SSSR count). The molecule has 3 N–H and O–H groups in total. The Balaban J connectivity index is 1.86.